The van der Waals surface area contributed by atoms with Crippen molar-refractivity contribution in [2.75, 3.05) is 0 Å². The zero-order chi connectivity index (χ0) is 14.8. The van der Waals surface area contributed by atoms with Crippen LogP contribution in [0, 0.1) is 0 Å². The molecule has 2 aromatic rings. The van der Waals surface area contributed by atoms with Crippen molar-refractivity contribution in [1.29, 1.82) is 0 Å². The minimum atomic E-state index is -0.538. The summed E-state index contributed by atoms with van der Waals surface area (Å²) in [5.74, 6) is -0.321. The monoisotopic (exact) mass is 302 g/mol. The van der Waals surface area contributed by atoms with E-state index in [2.05, 4.69) is 5.32 Å². The summed E-state index contributed by atoms with van der Waals surface area (Å²) < 4.78 is 0. The lowest BCUT2D eigenvalue weighted by atomic mass is 10.1. The maximum atomic E-state index is 12.1. The third-order valence-corrected chi connectivity index (χ3v) is 3.85. The van der Waals surface area contributed by atoms with Crippen molar-refractivity contribution in [3.63, 3.8) is 0 Å². The molecule has 0 aliphatic carbocycles. The number of carbonyl (C=O) groups is 1. The average Bonchev–Trinajstić information content (AvgIpc) is 2.78. The SMILES string of the molecule is O=C1C(Cc2ccccc2)NC(c2ccc(Cl)cc2)N1O. The predicted molar refractivity (Wildman–Crippen MR) is 79.9 cm³/mol. The van der Waals surface area contributed by atoms with Crippen LogP contribution >= 0.6 is 11.6 Å². The van der Waals surface area contributed by atoms with E-state index < -0.39 is 12.2 Å². The fourth-order valence-corrected chi connectivity index (χ4v) is 2.62. The van der Waals surface area contributed by atoms with Gasteiger partial charge in [-0.15, -0.1) is 0 Å². The molecule has 1 heterocycles. The molecule has 1 saturated heterocycles. The number of nitrogens with zero attached hydrogens (tertiary/aromatic N) is 1. The third-order valence-electron chi connectivity index (χ3n) is 3.60. The van der Waals surface area contributed by atoms with Crippen molar-refractivity contribution < 1.29 is 10.0 Å². The first kappa shape index (κ1) is 14.1. The van der Waals surface area contributed by atoms with Crippen LogP contribution in [0.5, 0.6) is 0 Å². The maximum absolute atomic E-state index is 12.1. The first-order valence-corrected chi connectivity index (χ1v) is 7.10. The van der Waals surface area contributed by atoms with Crippen LogP contribution in [0.15, 0.2) is 54.6 Å². The number of benzene rings is 2. The lowest BCUT2D eigenvalue weighted by molar-refractivity contribution is -0.167. The van der Waals surface area contributed by atoms with Crippen molar-refractivity contribution in [2.24, 2.45) is 0 Å². The van der Waals surface area contributed by atoms with Gasteiger partial charge in [0.2, 0.25) is 0 Å². The highest BCUT2D eigenvalue weighted by Crippen LogP contribution is 2.26. The van der Waals surface area contributed by atoms with E-state index in [4.69, 9.17) is 11.6 Å². The number of nitrogens with one attached hydrogen (secondary N) is 1. The van der Waals surface area contributed by atoms with Gasteiger partial charge in [0.25, 0.3) is 5.91 Å². The molecular formula is C16H15ClN2O2. The Labute approximate surface area is 127 Å². The number of halogens is 1. The molecule has 1 fully saturated rings. The van der Waals surface area contributed by atoms with E-state index in [1.165, 1.54) is 0 Å². The Bertz CT molecular complexity index is 630. The summed E-state index contributed by atoms with van der Waals surface area (Å²) in [6.45, 7) is 0. The number of rotatable bonds is 3. The molecule has 2 unspecified atom stereocenters. The van der Waals surface area contributed by atoms with Crippen molar-refractivity contribution >= 4 is 17.5 Å². The van der Waals surface area contributed by atoms with Gasteiger partial charge in [-0.05, 0) is 29.7 Å². The summed E-state index contributed by atoms with van der Waals surface area (Å²) in [7, 11) is 0. The van der Waals surface area contributed by atoms with E-state index in [0.29, 0.717) is 11.4 Å². The van der Waals surface area contributed by atoms with Gasteiger partial charge in [0.1, 0.15) is 6.17 Å². The summed E-state index contributed by atoms with van der Waals surface area (Å²) in [4.78, 5) is 12.1. The Morgan fingerprint density at radius 3 is 2.43 bits per heavy atom. The molecule has 0 aromatic heterocycles. The zero-order valence-electron chi connectivity index (χ0n) is 11.2. The average molecular weight is 303 g/mol. The van der Waals surface area contributed by atoms with Gasteiger partial charge < -0.3 is 0 Å². The Kier molecular flexibility index (Phi) is 3.92. The third kappa shape index (κ3) is 2.93. The molecule has 0 radical (unpaired) electrons. The lowest BCUT2D eigenvalue weighted by Gasteiger charge is -2.17. The summed E-state index contributed by atoms with van der Waals surface area (Å²) in [5, 5.41) is 14.6. The fraction of sp³-hybridized carbons (Fsp3) is 0.188. The van der Waals surface area contributed by atoms with E-state index in [-0.39, 0.29) is 5.91 Å². The molecule has 1 aliphatic heterocycles. The molecule has 2 N–H and O–H groups in total. The van der Waals surface area contributed by atoms with Gasteiger partial charge in [-0.3, -0.25) is 15.3 Å². The smallest absolute Gasteiger partial charge is 0.265 e. The highest BCUT2D eigenvalue weighted by Gasteiger charge is 2.39. The normalized spacial score (nSPS) is 21.8. The molecule has 0 spiro atoms. The second-order valence-corrected chi connectivity index (χ2v) is 5.48. The van der Waals surface area contributed by atoms with E-state index in [1.807, 2.05) is 30.3 Å². The molecule has 108 valence electrons. The van der Waals surface area contributed by atoms with Crippen molar-refractivity contribution in [3.8, 4) is 0 Å². The molecule has 3 rings (SSSR count). The van der Waals surface area contributed by atoms with Gasteiger partial charge in [-0.2, -0.15) is 0 Å². The number of amides is 1. The van der Waals surface area contributed by atoms with Gasteiger partial charge in [0.05, 0.1) is 6.04 Å². The van der Waals surface area contributed by atoms with Gasteiger partial charge in [-0.25, -0.2) is 5.06 Å². The van der Waals surface area contributed by atoms with Crippen molar-refractivity contribution in [2.45, 2.75) is 18.6 Å². The molecule has 0 bridgehead atoms. The number of hydrogen-bond donors (Lipinski definition) is 2. The Morgan fingerprint density at radius 2 is 1.76 bits per heavy atom. The molecule has 2 atom stereocenters. The summed E-state index contributed by atoms with van der Waals surface area (Å²) in [6, 6.07) is 16.4. The van der Waals surface area contributed by atoms with Crippen LogP contribution in [0.3, 0.4) is 0 Å². The van der Waals surface area contributed by atoms with Gasteiger partial charge in [0, 0.05) is 5.02 Å². The molecule has 1 amide bonds. The van der Waals surface area contributed by atoms with Gasteiger partial charge >= 0.3 is 0 Å². The Morgan fingerprint density at radius 1 is 1.10 bits per heavy atom. The minimum absolute atomic E-state index is 0.321. The van der Waals surface area contributed by atoms with Crippen LogP contribution in [0.1, 0.15) is 17.3 Å². The zero-order valence-corrected chi connectivity index (χ0v) is 12.0. The van der Waals surface area contributed by atoms with Crippen LogP contribution < -0.4 is 5.32 Å². The minimum Gasteiger partial charge on any atom is -0.284 e. The highest BCUT2D eigenvalue weighted by atomic mass is 35.5. The van der Waals surface area contributed by atoms with Gasteiger partial charge in [-0.1, -0.05) is 54.1 Å². The molecule has 5 heteroatoms. The number of hydroxylamine groups is 2. The quantitative estimate of drug-likeness (QED) is 0.857. The summed E-state index contributed by atoms with van der Waals surface area (Å²) in [6.07, 6.45) is 0.00404. The number of carbonyl (C=O) groups excluding carboxylic acids is 1. The fourth-order valence-electron chi connectivity index (χ4n) is 2.50. The van der Waals surface area contributed by atoms with E-state index in [9.17, 15) is 10.0 Å². The first-order chi connectivity index (χ1) is 10.1. The van der Waals surface area contributed by atoms with E-state index in [1.54, 1.807) is 24.3 Å². The van der Waals surface area contributed by atoms with Crippen LogP contribution in [-0.2, 0) is 11.2 Å². The van der Waals surface area contributed by atoms with Crippen LogP contribution in [-0.4, -0.2) is 22.2 Å². The largest absolute Gasteiger partial charge is 0.284 e. The van der Waals surface area contributed by atoms with Gasteiger partial charge in [0.15, 0.2) is 0 Å². The van der Waals surface area contributed by atoms with E-state index >= 15 is 0 Å². The highest BCUT2D eigenvalue weighted by molar-refractivity contribution is 6.30. The molecule has 4 nitrogen and oxygen atoms in total. The Balaban J connectivity index is 1.77. The molecule has 0 saturated carbocycles. The van der Waals surface area contributed by atoms with Crippen LogP contribution in [0.25, 0.3) is 0 Å². The van der Waals surface area contributed by atoms with Crippen LogP contribution in [0.2, 0.25) is 5.02 Å². The molecule has 21 heavy (non-hydrogen) atoms. The summed E-state index contributed by atoms with van der Waals surface area (Å²) >= 11 is 5.86. The lowest BCUT2D eigenvalue weighted by Crippen LogP contribution is -2.31. The van der Waals surface area contributed by atoms with Crippen molar-refractivity contribution in [3.05, 3.63) is 70.7 Å². The standard InChI is InChI=1S/C16H15ClN2O2/c17-13-8-6-12(7-9-13)15-18-14(16(20)19(15)21)10-11-4-2-1-3-5-11/h1-9,14-15,18,21H,10H2. The van der Waals surface area contributed by atoms with Crippen molar-refractivity contribution in [1.82, 2.24) is 10.4 Å². The van der Waals surface area contributed by atoms with Crippen LogP contribution in [0.4, 0.5) is 0 Å². The second kappa shape index (κ2) is 5.85. The first-order valence-electron chi connectivity index (χ1n) is 6.72. The molecular weight excluding hydrogens is 288 g/mol. The predicted octanol–water partition coefficient (Wildman–Crippen LogP) is 2.77. The topological polar surface area (TPSA) is 52.6 Å². The molecule has 1 aliphatic rings. The second-order valence-electron chi connectivity index (χ2n) is 5.05. The number of hydrogen-bond acceptors (Lipinski definition) is 3. The van der Waals surface area contributed by atoms with E-state index in [0.717, 1.165) is 16.2 Å². The molecule has 2 aromatic carbocycles. The maximum Gasteiger partial charge on any atom is 0.265 e. The summed E-state index contributed by atoms with van der Waals surface area (Å²) in [5.41, 5.74) is 1.85. The Hall–Kier alpha value is -1.88.